The van der Waals surface area contributed by atoms with E-state index in [1.54, 1.807) is 11.1 Å². The normalized spacial score (nSPS) is 25.8. The highest BCUT2D eigenvalue weighted by Gasteiger charge is 2.57. The minimum atomic E-state index is -1.60. The standard InChI is InChI=1S/C19H21FN4O/c1-2-24-14-5-3-10-21-16(14)23-11-4-6-15(23)19(24)9-12-22(13-19)17(25)18(20)7-8-18/h3-6,10-11H,2,7-9,12-13H2,1H3/t19-/m1/s1. The number of pyridine rings is 1. The number of alkyl halides is 1. The van der Waals surface area contributed by atoms with E-state index in [1.165, 1.54) is 0 Å². The van der Waals surface area contributed by atoms with Gasteiger partial charge in [-0.3, -0.25) is 4.79 Å². The number of anilines is 1. The Balaban J connectivity index is 1.61. The Bertz CT molecular complexity index is 859. The first-order valence-corrected chi connectivity index (χ1v) is 8.98. The Hall–Kier alpha value is -2.37. The number of aromatic nitrogens is 2. The van der Waals surface area contributed by atoms with Crippen LogP contribution in [0.5, 0.6) is 0 Å². The van der Waals surface area contributed by atoms with E-state index in [9.17, 15) is 9.18 Å². The summed E-state index contributed by atoms with van der Waals surface area (Å²) < 4.78 is 16.5. The summed E-state index contributed by atoms with van der Waals surface area (Å²) in [6.45, 7) is 4.07. The smallest absolute Gasteiger partial charge is 0.260 e. The summed E-state index contributed by atoms with van der Waals surface area (Å²) >= 11 is 0. The summed E-state index contributed by atoms with van der Waals surface area (Å²) in [5.74, 6) is 0.597. The first-order valence-electron chi connectivity index (χ1n) is 8.98. The molecule has 1 saturated heterocycles. The van der Waals surface area contributed by atoms with Crippen molar-refractivity contribution < 1.29 is 9.18 Å². The van der Waals surface area contributed by atoms with Crippen LogP contribution in [0.15, 0.2) is 36.7 Å². The molecule has 1 saturated carbocycles. The fourth-order valence-electron chi connectivity index (χ4n) is 4.57. The lowest BCUT2D eigenvalue weighted by molar-refractivity contribution is -0.137. The van der Waals surface area contributed by atoms with E-state index in [2.05, 4.69) is 33.5 Å². The van der Waals surface area contributed by atoms with E-state index in [0.29, 0.717) is 25.9 Å². The number of rotatable bonds is 2. The Morgan fingerprint density at radius 3 is 2.88 bits per heavy atom. The second-order valence-electron chi connectivity index (χ2n) is 7.33. The van der Waals surface area contributed by atoms with Crippen LogP contribution in [0.4, 0.5) is 10.1 Å². The first kappa shape index (κ1) is 14.9. The van der Waals surface area contributed by atoms with Crippen molar-refractivity contribution in [1.29, 1.82) is 0 Å². The summed E-state index contributed by atoms with van der Waals surface area (Å²) in [6, 6.07) is 8.16. The summed E-state index contributed by atoms with van der Waals surface area (Å²) in [4.78, 5) is 21.2. The number of hydrogen-bond donors (Lipinski definition) is 0. The Kier molecular flexibility index (Phi) is 2.89. The van der Waals surface area contributed by atoms with Gasteiger partial charge in [0.1, 0.15) is 0 Å². The zero-order chi connectivity index (χ0) is 17.2. The third-order valence-electron chi connectivity index (χ3n) is 5.95. The number of fused-ring (bicyclic) bond motifs is 4. The second-order valence-corrected chi connectivity index (χ2v) is 7.33. The topological polar surface area (TPSA) is 41.4 Å². The maximum absolute atomic E-state index is 14.3. The van der Waals surface area contributed by atoms with Crippen LogP contribution in [0.2, 0.25) is 0 Å². The molecule has 0 bridgehead atoms. The molecule has 4 heterocycles. The van der Waals surface area contributed by atoms with Crippen molar-refractivity contribution in [2.75, 3.05) is 24.5 Å². The monoisotopic (exact) mass is 340 g/mol. The SMILES string of the molecule is CCN1c2cccnc2-n2cccc2[C@]12CCN(C(=O)C1(F)CC1)C2. The highest BCUT2D eigenvalue weighted by atomic mass is 19.1. The summed E-state index contributed by atoms with van der Waals surface area (Å²) in [7, 11) is 0. The molecule has 1 spiro atoms. The lowest BCUT2D eigenvalue weighted by Crippen LogP contribution is -2.53. The fourth-order valence-corrected chi connectivity index (χ4v) is 4.57. The van der Waals surface area contributed by atoms with Gasteiger partial charge in [-0.05, 0) is 50.5 Å². The maximum Gasteiger partial charge on any atom is 0.260 e. The van der Waals surface area contributed by atoms with Crippen LogP contribution < -0.4 is 4.90 Å². The van der Waals surface area contributed by atoms with E-state index in [4.69, 9.17) is 0 Å². The van der Waals surface area contributed by atoms with Gasteiger partial charge in [0.05, 0.1) is 16.9 Å². The molecule has 5 rings (SSSR count). The van der Waals surface area contributed by atoms with Crippen LogP contribution in [0.3, 0.4) is 0 Å². The number of likely N-dealkylation sites (N-methyl/N-ethyl adjacent to an activating group) is 1. The van der Waals surface area contributed by atoms with Gasteiger partial charge in [-0.15, -0.1) is 0 Å². The molecule has 1 amide bonds. The average Bonchev–Trinajstić information content (AvgIpc) is 3.04. The lowest BCUT2D eigenvalue weighted by Gasteiger charge is -2.46. The van der Waals surface area contributed by atoms with Gasteiger partial charge in [-0.2, -0.15) is 0 Å². The third kappa shape index (κ3) is 1.88. The lowest BCUT2D eigenvalue weighted by atomic mass is 9.89. The molecule has 0 radical (unpaired) electrons. The Morgan fingerprint density at radius 2 is 2.12 bits per heavy atom. The molecule has 2 fully saturated rings. The van der Waals surface area contributed by atoms with E-state index in [1.807, 2.05) is 18.3 Å². The number of halogens is 1. The molecule has 2 aromatic rings. The van der Waals surface area contributed by atoms with Crippen molar-refractivity contribution >= 4 is 11.6 Å². The van der Waals surface area contributed by atoms with Crippen LogP contribution in [0.25, 0.3) is 5.82 Å². The second kappa shape index (κ2) is 4.84. The largest absolute Gasteiger partial charge is 0.356 e. The predicted octanol–water partition coefficient (Wildman–Crippen LogP) is 2.64. The quantitative estimate of drug-likeness (QED) is 0.844. The predicted molar refractivity (Wildman–Crippen MR) is 92.5 cm³/mol. The zero-order valence-electron chi connectivity index (χ0n) is 14.3. The summed E-state index contributed by atoms with van der Waals surface area (Å²) in [5.41, 5.74) is 0.303. The molecular formula is C19H21FN4O. The first-order chi connectivity index (χ1) is 12.1. The maximum atomic E-state index is 14.3. The van der Waals surface area contributed by atoms with Crippen molar-refractivity contribution in [1.82, 2.24) is 14.5 Å². The van der Waals surface area contributed by atoms with Gasteiger partial charge in [-0.1, -0.05) is 0 Å². The van der Waals surface area contributed by atoms with Crippen molar-refractivity contribution in [3.8, 4) is 5.82 Å². The van der Waals surface area contributed by atoms with Crippen molar-refractivity contribution in [2.45, 2.75) is 37.4 Å². The highest BCUT2D eigenvalue weighted by molar-refractivity contribution is 5.88. The average molecular weight is 340 g/mol. The molecule has 3 aliphatic rings. The summed E-state index contributed by atoms with van der Waals surface area (Å²) in [6.07, 6.45) is 5.38. The van der Waals surface area contributed by atoms with Crippen LogP contribution in [0, 0.1) is 0 Å². The molecule has 0 aromatic carbocycles. The summed E-state index contributed by atoms with van der Waals surface area (Å²) in [5, 5.41) is 0. The Morgan fingerprint density at radius 1 is 1.28 bits per heavy atom. The molecule has 0 unspecified atom stereocenters. The molecule has 2 aromatic heterocycles. The van der Waals surface area contributed by atoms with E-state index >= 15 is 0 Å². The van der Waals surface area contributed by atoms with Gasteiger partial charge in [0.25, 0.3) is 5.91 Å². The van der Waals surface area contributed by atoms with Gasteiger partial charge in [0.2, 0.25) is 0 Å². The fraction of sp³-hybridized carbons (Fsp3) is 0.474. The molecule has 25 heavy (non-hydrogen) atoms. The van der Waals surface area contributed by atoms with Crippen molar-refractivity contribution in [3.05, 3.63) is 42.4 Å². The molecule has 6 heteroatoms. The highest BCUT2D eigenvalue weighted by Crippen LogP contribution is 2.49. The molecule has 5 nitrogen and oxygen atoms in total. The van der Waals surface area contributed by atoms with Crippen LogP contribution >= 0.6 is 0 Å². The molecule has 0 N–H and O–H groups in total. The van der Waals surface area contributed by atoms with Gasteiger partial charge in [-0.25, -0.2) is 9.37 Å². The minimum Gasteiger partial charge on any atom is -0.356 e. The van der Waals surface area contributed by atoms with Gasteiger partial charge in [0, 0.05) is 32.0 Å². The molecular weight excluding hydrogens is 319 g/mol. The molecule has 1 atom stereocenters. The van der Waals surface area contributed by atoms with E-state index in [0.717, 1.165) is 30.2 Å². The number of nitrogens with zero attached hydrogens (tertiary/aromatic N) is 4. The van der Waals surface area contributed by atoms with Crippen LogP contribution in [-0.4, -0.2) is 45.7 Å². The minimum absolute atomic E-state index is 0.310. The molecule has 1 aliphatic carbocycles. The van der Waals surface area contributed by atoms with Gasteiger partial charge < -0.3 is 14.4 Å². The van der Waals surface area contributed by atoms with Crippen molar-refractivity contribution in [2.24, 2.45) is 0 Å². The Labute approximate surface area is 146 Å². The number of amides is 1. The third-order valence-corrected chi connectivity index (χ3v) is 5.95. The van der Waals surface area contributed by atoms with Gasteiger partial charge in [0.15, 0.2) is 11.5 Å². The van der Waals surface area contributed by atoms with Crippen molar-refractivity contribution in [3.63, 3.8) is 0 Å². The number of carbonyl (C=O) groups is 1. The van der Waals surface area contributed by atoms with Crippen LogP contribution in [0.1, 0.15) is 31.9 Å². The number of likely N-dealkylation sites (tertiary alicyclic amines) is 1. The van der Waals surface area contributed by atoms with Gasteiger partial charge >= 0.3 is 0 Å². The number of hydrogen-bond acceptors (Lipinski definition) is 3. The number of carbonyl (C=O) groups excluding carboxylic acids is 1. The van der Waals surface area contributed by atoms with E-state index in [-0.39, 0.29) is 11.4 Å². The van der Waals surface area contributed by atoms with E-state index < -0.39 is 5.67 Å². The zero-order valence-corrected chi connectivity index (χ0v) is 14.3. The molecule has 2 aliphatic heterocycles. The van der Waals surface area contributed by atoms with Crippen LogP contribution in [-0.2, 0) is 10.3 Å². The molecule has 130 valence electrons.